The van der Waals surface area contributed by atoms with Gasteiger partial charge in [0.2, 0.25) is 5.91 Å². The molecule has 19 heavy (non-hydrogen) atoms. The smallest absolute Gasteiger partial charge is 0.322 e. The van der Waals surface area contributed by atoms with Gasteiger partial charge in [0, 0.05) is 13.1 Å². The number of carboxylic acid groups (broad SMARTS) is 1. The first-order chi connectivity index (χ1) is 8.97. The van der Waals surface area contributed by atoms with E-state index < -0.39 is 12.0 Å². The van der Waals surface area contributed by atoms with Gasteiger partial charge in [-0.3, -0.25) is 14.5 Å². The SMILES string of the molecule is O=C1CN(Cc2ccc(Cl)c(Cl)c2)C(C(=O)O)CN1. The Kier molecular flexibility index (Phi) is 4.29. The van der Waals surface area contributed by atoms with Crippen molar-refractivity contribution < 1.29 is 14.7 Å². The van der Waals surface area contributed by atoms with E-state index in [1.54, 1.807) is 23.1 Å². The molecule has 1 aliphatic heterocycles. The lowest BCUT2D eigenvalue weighted by Crippen LogP contribution is -2.56. The fourth-order valence-corrected chi connectivity index (χ4v) is 2.29. The van der Waals surface area contributed by atoms with Crippen LogP contribution >= 0.6 is 23.2 Å². The van der Waals surface area contributed by atoms with Gasteiger partial charge in [-0.2, -0.15) is 0 Å². The summed E-state index contributed by atoms with van der Waals surface area (Å²) in [6.45, 7) is 0.494. The average molecular weight is 303 g/mol. The molecule has 0 aliphatic carbocycles. The minimum Gasteiger partial charge on any atom is -0.480 e. The van der Waals surface area contributed by atoms with Crippen LogP contribution in [0.5, 0.6) is 0 Å². The number of hydrogen-bond donors (Lipinski definition) is 2. The van der Waals surface area contributed by atoms with Crippen molar-refractivity contribution in [3.8, 4) is 0 Å². The van der Waals surface area contributed by atoms with Crippen molar-refractivity contribution in [3.05, 3.63) is 33.8 Å². The van der Waals surface area contributed by atoms with E-state index in [4.69, 9.17) is 28.3 Å². The Bertz CT molecular complexity index is 522. The first kappa shape index (κ1) is 14.1. The molecule has 1 aliphatic rings. The predicted octanol–water partition coefficient (Wildman–Crippen LogP) is 1.38. The van der Waals surface area contributed by atoms with E-state index in [-0.39, 0.29) is 19.0 Å². The number of aliphatic carboxylic acids is 1. The highest BCUT2D eigenvalue weighted by atomic mass is 35.5. The molecule has 1 heterocycles. The van der Waals surface area contributed by atoms with Crippen molar-refractivity contribution in [2.75, 3.05) is 13.1 Å². The summed E-state index contributed by atoms with van der Waals surface area (Å²) in [5, 5.41) is 12.5. The van der Waals surface area contributed by atoms with Crippen molar-refractivity contribution >= 4 is 35.1 Å². The van der Waals surface area contributed by atoms with Crippen LogP contribution in [0.4, 0.5) is 0 Å². The van der Waals surface area contributed by atoms with Crippen molar-refractivity contribution in [2.45, 2.75) is 12.6 Å². The lowest BCUT2D eigenvalue weighted by Gasteiger charge is -2.32. The molecule has 1 aromatic carbocycles. The van der Waals surface area contributed by atoms with Crippen LogP contribution in [0.15, 0.2) is 18.2 Å². The van der Waals surface area contributed by atoms with Gasteiger partial charge in [-0.15, -0.1) is 0 Å². The molecular formula is C12H12Cl2N2O3. The topological polar surface area (TPSA) is 69.6 Å². The van der Waals surface area contributed by atoms with E-state index in [9.17, 15) is 9.59 Å². The molecule has 1 amide bonds. The number of nitrogens with one attached hydrogen (secondary N) is 1. The third kappa shape index (κ3) is 3.37. The fourth-order valence-electron chi connectivity index (χ4n) is 1.97. The summed E-state index contributed by atoms with van der Waals surface area (Å²) in [6, 6.07) is 4.36. The number of benzene rings is 1. The number of carbonyl (C=O) groups excluding carboxylic acids is 1. The number of carbonyl (C=O) groups is 2. The zero-order valence-corrected chi connectivity index (χ0v) is 11.4. The molecule has 0 aromatic heterocycles. The molecule has 2 N–H and O–H groups in total. The van der Waals surface area contributed by atoms with Gasteiger partial charge in [0.15, 0.2) is 0 Å². The van der Waals surface area contributed by atoms with Crippen molar-refractivity contribution in [3.63, 3.8) is 0 Å². The Morgan fingerprint density at radius 3 is 2.79 bits per heavy atom. The number of halogens is 2. The minimum absolute atomic E-state index is 0.0528. The van der Waals surface area contributed by atoms with Gasteiger partial charge < -0.3 is 10.4 Å². The summed E-state index contributed by atoms with van der Waals surface area (Å²) in [7, 11) is 0. The first-order valence-corrected chi connectivity index (χ1v) is 6.40. The molecule has 1 atom stereocenters. The Hall–Kier alpha value is -1.30. The third-order valence-corrected chi connectivity index (χ3v) is 3.67. The Labute approximate surface area is 120 Å². The summed E-state index contributed by atoms with van der Waals surface area (Å²) in [5.41, 5.74) is 0.815. The van der Waals surface area contributed by atoms with Gasteiger partial charge >= 0.3 is 5.97 Å². The molecule has 0 spiro atoms. The molecule has 1 saturated heterocycles. The van der Waals surface area contributed by atoms with Gasteiger partial charge in [-0.1, -0.05) is 29.3 Å². The number of carboxylic acids is 1. The summed E-state index contributed by atoms with van der Waals surface area (Å²) >= 11 is 11.7. The second-order valence-electron chi connectivity index (χ2n) is 4.31. The summed E-state index contributed by atoms with van der Waals surface area (Å²) in [4.78, 5) is 24.1. The highest BCUT2D eigenvalue weighted by molar-refractivity contribution is 6.42. The number of hydrogen-bond acceptors (Lipinski definition) is 3. The monoisotopic (exact) mass is 302 g/mol. The van der Waals surface area contributed by atoms with E-state index in [1.807, 2.05) is 0 Å². The van der Waals surface area contributed by atoms with Crippen molar-refractivity contribution in [1.29, 1.82) is 0 Å². The van der Waals surface area contributed by atoms with Gasteiger partial charge in [0.05, 0.1) is 16.6 Å². The number of piperazine rings is 1. The number of rotatable bonds is 3. The lowest BCUT2D eigenvalue weighted by atomic mass is 10.1. The van der Waals surface area contributed by atoms with Gasteiger partial charge in [0.25, 0.3) is 0 Å². The van der Waals surface area contributed by atoms with Crippen molar-refractivity contribution in [2.24, 2.45) is 0 Å². The van der Waals surface area contributed by atoms with Crippen LogP contribution < -0.4 is 5.32 Å². The second kappa shape index (κ2) is 5.77. The minimum atomic E-state index is -0.958. The Balaban J connectivity index is 2.16. The zero-order chi connectivity index (χ0) is 14.0. The molecule has 102 valence electrons. The van der Waals surface area contributed by atoms with Crippen LogP contribution in [-0.4, -0.2) is 41.0 Å². The number of amides is 1. The van der Waals surface area contributed by atoms with Gasteiger partial charge in [0.1, 0.15) is 6.04 Å². The first-order valence-electron chi connectivity index (χ1n) is 5.65. The summed E-state index contributed by atoms with van der Waals surface area (Å²) in [5.74, 6) is -1.14. The molecule has 1 unspecified atom stereocenters. The quantitative estimate of drug-likeness (QED) is 0.885. The van der Waals surface area contributed by atoms with E-state index in [0.29, 0.717) is 16.6 Å². The van der Waals surface area contributed by atoms with Crippen LogP contribution in [0, 0.1) is 0 Å². The van der Waals surface area contributed by atoms with E-state index >= 15 is 0 Å². The summed E-state index contributed by atoms with van der Waals surface area (Å²) < 4.78 is 0. The Morgan fingerprint density at radius 1 is 1.42 bits per heavy atom. The largest absolute Gasteiger partial charge is 0.480 e. The maximum absolute atomic E-state index is 11.4. The normalized spacial score (nSPS) is 20.1. The van der Waals surface area contributed by atoms with Crippen LogP contribution in [0.1, 0.15) is 5.56 Å². The van der Waals surface area contributed by atoms with E-state index in [0.717, 1.165) is 5.56 Å². The van der Waals surface area contributed by atoms with Gasteiger partial charge in [-0.25, -0.2) is 0 Å². The molecule has 0 saturated carbocycles. The zero-order valence-electron chi connectivity index (χ0n) is 9.90. The molecule has 7 heteroatoms. The highest BCUT2D eigenvalue weighted by Gasteiger charge is 2.31. The van der Waals surface area contributed by atoms with E-state index in [2.05, 4.69) is 5.32 Å². The average Bonchev–Trinajstić information content (AvgIpc) is 2.33. The lowest BCUT2D eigenvalue weighted by molar-refractivity contribution is -0.146. The van der Waals surface area contributed by atoms with E-state index in [1.165, 1.54) is 0 Å². The molecule has 5 nitrogen and oxygen atoms in total. The molecule has 1 fully saturated rings. The second-order valence-corrected chi connectivity index (χ2v) is 5.13. The maximum Gasteiger partial charge on any atom is 0.322 e. The maximum atomic E-state index is 11.4. The predicted molar refractivity (Wildman–Crippen MR) is 71.3 cm³/mol. The van der Waals surface area contributed by atoms with Gasteiger partial charge in [-0.05, 0) is 17.7 Å². The van der Waals surface area contributed by atoms with Crippen LogP contribution in [0.25, 0.3) is 0 Å². The molecule has 1 aromatic rings. The fraction of sp³-hybridized carbons (Fsp3) is 0.333. The Morgan fingerprint density at radius 2 is 2.16 bits per heavy atom. The third-order valence-electron chi connectivity index (χ3n) is 2.93. The standard InChI is InChI=1S/C12H12Cl2N2O3/c13-8-2-1-7(3-9(8)14)5-16-6-11(17)15-4-10(16)12(18)19/h1-3,10H,4-6H2,(H,15,17)(H,18,19). The molecule has 0 radical (unpaired) electrons. The summed E-state index contributed by atoms with van der Waals surface area (Å²) in [6.07, 6.45) is 0. The van der Waals surface area contributed by atoms with Crippen LogP contribution in [0.2, 0.25) is 10.0 Å². The van der Waals surface area contributed by atoms with Crippen molar-refractivity contribution in [1.82, 2.24) is 10.2 Å². The highest BCUT2D eigenvalue weighted by Crippen LogP contribution is 2.23. The van der Waals surface area contributed by atoms with Crippen LogP contribution in [0.3, 0.4) is 0 Å². The molecule has 0 bridgehead atoms. The molecule has 2 rings (SSSR count). The molecular weight excluding hydrogens is 291 g/mol. The number of nitrogens with zero attached hydrogens (tertiary/aromatic N) is 1. The van der Waals surface area contributed by atoms with Crippen LogP contribution in [-0.2, 0) is 16.1 Å².